The zero-order valence-electron chi connectivity index (χ0n) is 14.5. The van der Waals surface area contributed by atoms with Crippen molar-refractivity contribution in [3.63, 3.8) is 0 Å². The maximum absolute atomic E-state index is 11.2. The van der Waals surface area contributed by atoms with Gasteiger partial charge in [0.2, 0.25) is 0 Å². The number of carboxylic acids is 1. The number of carboxylic acid groups (broad SMARTS) is 1. The number of esters is 1. The molecule has 1 N–H and O–H groups in total. The lowest BCUT2D eigenvalue weighted by atomic mass is 10.0. The Labute approximate surface area is 140 Å². The van der Waals surface area contributed by atoms with Gasteiger partial charge in [-0.3, -0.25) is 0 Å². The van der Waals surface area contributed by atoms with Crippen molar-refractivity contribution in [2.45, 2.75) is 83.7 Å². The highest BCUT2D eigenvalue weighted by Crippen LogP contribution is 2.13. The normalized spacial score (nSPS) is 12.2. The van der Waals surface area contributed by atoms with Gasteiger partial charge in [-0.05, 0) is 18.9 Å². The molecule has 0 amide bonds. The molecule has 0 fully saturated rings. The zero-order valence-corrected chi connectivity index (χ0v) is 14.5. The Balaban J connectivity index is 3.75. The van der Waals surface area contributed by atoms with Gasteiger partial charge in [0.15, 0.2) is 0 Å². The molecular weight excluding hydrogens is 292 g/mol. The van der Waals surface area contributed by atoms with Gasteiger partial charge in [0.25, 0.3) is 0 Å². The summed E-state index contributed by atoms with van der Waals surface area (Å²) < 4.78 is 5.13. The molecule has 0 saturated carbocycles. The number of carbonyl (C=O) groups excluding carboxylic acids is 1. The SMILES string of the molecule is C=CC(=O)OC(C=CC(=O)O)CCCCCCCCCCCC. The minimum Gasteiger partial charge on any atom is -0.478 e. The summed E-state index contributed by atoms with van der Waals surface area (Å²) in [7, 11) is 0. The summed E-state index contributed by atoms with van der Waals surface area (Å²) in [4.78, 5) is 21.8. The predicted octanol–water partition coefficient (Wildman–Crippen LogP) is 5.04. The van der Waals surface area contributed by atoms with Crippen LogP contribution in [0.2, 0.25) is 0 Å². The van der Waals surface area contributed by atoms with Crippen LogP contribution >= 0.6 is 0 Å². The van der Waals surface area contributed by atoms with Crippen molar-refractivity contribution in [2.24, 2.45) is 0 Å². The van der Waals surface area contributed by atoms with Crippen molar-refractivity contribution in [1.82, 2.24) is 0 Å². The summed E-state index contributed by atoms with van der Waals surface area (Å²) in [6.45, 7) is 5.58. The van der Waals surface area contributed by atoms with Gasteiger partial charge in [-0.1, -0.05) is 71.3 Å². The van der Waals surface area contributed by atoms with Crippen LogP contribution in [-0.2, 0) is 14.3 Å². The van der Waals surface area contributed by atoms with E-state index in [9.17, 15) is 9.59 Å². The second kappa shape index (κ2) is 15.3. The monoisotopic (exact) mass is 324 g/mol. The zero-order chi connectivity index (χ0) is 17.3. The second-order valence-electron chi connectivity index (χ2n) is 5.85. The minimum absolute atomic E-state index is 0.481. The molecule has 4 nitrogen and oxygen atoms in total. The number of unbranched alkanes of at least 4 members (excludes halogenated alkanes) is 9. The van der Waals surface area contributed by atoms with Gasteiger partial charge in [-0.15, -0.1) is 0 Å². The van der Waals surface area contributed by atoms with E-state index in [4.69, 9.17) is 9.84 Å². The van der Waals surface area contributed by atoms with Gasteiger partial charge in [-0.2, -0.15) is 0 Å². The van der Waals surface area contributed by atoms with Crippen molar-refractivity contribution in [1.29, 1.82) is 0 Å². The molecule has 0 heterocycles. The Morgan fingerprint density at radius 1 is 1.00 bits per heavy atom. The van der Waals surface area contributed by atoms with E-state index in [0.29, 0.717) is 6.42 Å². The Hall–Kier alpha value is -1.58. The molecule has 0 aliphatic rings. The maximum Gasteiger partial charge on any atom is 0.330 e. The summed E-state index contributed by atoms with van der Waals surface area (Å²) in [6.07, 6.45) is 16.1. The standard InChI is InChI=1S/C19H32O4/c1-3-5-6-7-8-9-10-11-12-13-14-17(15-16-18(20)21)23-19(22)4-2/h4,15-17H,2-3,5-14H2,1H3,(H,20,21). The van der Waals surface area contributed by atoms with E-state index in [1.165, 1.54) is 57.4 Å². The highest BCUT2D eigenvalue weighted by molar-refractivity contribution is 5.82. The third kappa shape index (κ3) is 15.1. The quantitative estimate of drug-likeness (QED) is 0.260. The lowest BCUT2D eigenvalue weighted by Gasteiger charge is -2.12. The fraction of sp³-hybridized carbons (Fsp3) is 0.684. The number of hydrogen-bond donors (Lipinski definition) is 1. The van der Waals surface area contributed by atoms with Crippen molar-refractivity contribution >= 4 is 11.9 Å². The number of rotatable bonds is 15. The number of ether oxygens (including phenoxy) is 1. The lowest BCUT2D eigenvalue weighted by molar-refractivity contribution is -0.141. The van der Waals surface area contributed by atoms with Crippen molar-refractivity contribution in [3.05, 3.63) is 24.8 Å². The summed E-state index contributed by atoms with van der Waals surface area (Å²) in [6, 6.07) is 0. The summed E-state index contributed by atoms with van der Waals surface area (Å²) >= 11 is 0. The van der Waals surface area contributed by atoms with E-state index < -0.39 is 18.0 Å². The van der Waals surface area contributed by atoms with Crippen LogP contribution in [0.3, 0.4) is 0 Å². The summed E-state index contributed by atoms with van der Waals surface area (Å²) in [5.74, 6) is -1.55. The molecule has 0 saturated heterocycles. The fourth-order valence-electron chi connectivity index (χ4n) is 2.41. The average molecular weight is 324 g/mol. The molecule has 132 valence electrons. The number of aliphatic carboxylic acids is 1. The number of hydrogen-bond acceptors (Lipinski definition) is 3. The van der Waals surface area contributed by atoms with Crippen LogP contribution in [0.4, 0.5) is 0 Å². The van der Waals surface area contributed by atoms with Crippen molar-refractivity contribution in [2.75, 3.05) is 0 Å². The first kappa shape index (κ1) is 21.4. The van der Waals surface area contributed by atoms with Crippen molar-refractivity contribution < 1.29 is 19.4 Å². The van der Waals surface area contributed by atoms with Crippen LogP contribution in [-0.4, -0.2) is 23.1 Å². The largest absolute Gasteiger partial charge is 0.478 e. The topological polar surface area (TPSA) is 63.6 Å². The molecule has 0 aliphatic heterocycles. The van der Waals surface area contributed by atoms with Crippen molar-refractivity contribution in [3.8, 4) is 0 Å². The molecule has 1 unspecified atom stereocenters. The highest BCUT2D eigenvalue weighted by atomic mass is 16.5. The van der Waals surface area contributed by atoms with E-state index in [0.717, 1.165) is 25.0 Å². The molecule has 0 aromatic rings. The summed E-state index contributed by atoms with van der Waals surface area (Å²) in [5.41, 5.74) is 0. The first-order valence-electron chi connectivity index (χ1n) is 8.84. The molecule has 0 spiro atoms. The van der Waals surface area contributed by atoms with Gasteiger partial charge in [-0.25, -0.2) is 9.59 Å². The third-order valence-electron chi connectivity index (χ3n) is 3.73. The van der Waals surface area contributed by atoms with E-state index in [1.54, 1.807) is 0 Å². The first-order valence-corrected chi connectivity index (χ1v) is 8.84. The predicted molar refractivity (Wildman–Crippen MR) is 93.3 cm³/mol. The van der Waals surface area contributed by atoms with Crippen LogP contribution in [0, 0.1) is 0 Å². The van der Waals surface area contributed by atoms with Crippen LogP contribution in [0.1, 0.15) is 77.6 Å². The molecule has 0 aromatic heterocycles. The summed E-state index contributed by atoms with van der Waals surface area (Å²) in [5, 5.41) is 8.65. The van der Waals surface area contributed by atoms with E-state index in [2.05, 4.69) is 13.5 Å². The van der Waals surface area contributed by atoms with E-state index in [-0.39, 0.29) is 0 Å². The van der Waals surface area contributed by atoms with Crippen LogP contribution in [0.5, 0.6) is 0 Å². The Morgan fingerprint density at radius 3 is 2.00 bits per heavy atom. The van der Waals surface area contributed by atoms with Gasteiger partial charge < -0.3 is 9.84 Å². The van der Waals surface area contributed by atoms with Gasteiger partial charge in [0, 0.05) is 12.2 Å². The van der Waals surface area contributed by atoms with E-state index >= 15 is 0 Å². The number of carbonyl (C=O) groups is 2. The first-order chi connectivity index (χ1) is 11.1. The van der Waals surface area contributed by atoms with Crippen LogP contribution in [0.15, 0.2) is 24.8 Å². The van der Waals surface area contributed by atoms with Gasteiger partial charge >= 0.3 is 11.9 Å². The molecule has 0 aliphatic carbocycles. The van der Waals surface area contributed by atoms with Gasteiger partial charge in [0.05, 0.1) is 0 Å². The van der Waals surface area contributed by atoms with Crippen LogP contribution < -0.4 is 0 Å². The molecule has 0 aromatic carbocycles. The molecular formula is C19H32O4. The van der Waals surface area contributed by atoms with E-state index in [1.807, 2.05) is 0 Å². The highest BCUT2D eigenvalue weighted by Gasteiger charge is 2.09. The molecule has 0 radical (unpaired) electrons. The molecule has 1 atom stereocenters. The Kier molecular flexibility index (Phi) is 14.3. The second-order valence-corrected chi connectivity index (χ2v) is 5.85. The molecule has 0 rings (SSSR count). The Morgan fingerprint density at radius 2 is 1.52 bits per heavy atom. The molecule has 0 bridgehead atoms. The maximum atomic E-state index is 11.2. The Bertz CT molecular complexity index is 360. The lowest BCUT2D eigenvalue weighted by Crippen LogP contribution is -2.14. The molecule has 23 heavy (non-hydrogen) atoms. The fourth-order valence-corrected chi connectivity index (χ4v) is 2.41. The van der Waals surface area contributed by atoms with Gasteiger partial charge in [0.1, 0.15) is 6.10 Å². The van der Waals surface area contributed by atoms with Crippen LogP contribution in [0.25, 0.3) is 0 Å². The third-order valence-corrected chi connectivity index (χ3v) is 3.73. The molecule has 4 heteroatoms. The smallest absolute Gasteiger partial charge is 0.330 e. The average Bonchev–Trinajstić information content (AvgIpc) is 2.53. The minimum atomic E-state index is -1.03.